The van der Waals surface area contributed by atoms with Crippen molar-refractivity contribution in [2.24, 2.45) is 7.05 Å². The highest BCUT2D eigenvalue weighted by molar-refractivity contribution is 6.32. The lowest BCUT2D eigenvalue weighted by Gasteiger charge is -2.11. The Morgan fingerprint density at radius 1 is 1.15 bits per heavy atom. The molecule has 0 atom stereocenters. The van der Waals surface area contributed by atoms with Crippen molar-refractivity contribution in [3.8, 4) is 11.1 Å². The van der Waals surface area contributed by atoms with Gasteiger partial charge in [0.15, 0.2) is 0 Å². The molecule has 0 bridgehead atoms. The van der Waals surface area contributed by atoms with Crippen LogP contribution in [0.2, 0.25) is 10.3 Å². The van der Waals surface area contributed by atoms with E-state index in [2.05, 4.69) is 31.2 Å². The molecular formula is C16H15Cl2N7O. The summed E-state index contributed by atoms with van der Waals surface area (Å²) < 4.78 is 1.73. The first kappa shape index (κ1) is 18.0. The van der Waals surface area contributed by atoms with Crippen LogP contribution >= 0.6 is 23.2 Å². The summed E-state index contributed by atoms with van der Waals surface area (Å²) in [5.41, 5.74) is 8.59. The van der Waals surface area contributed by atoms with Gasteiger partial charge in [-0.15, -0.1) is 0 Å². The summed E-state index contributed by atoms with van der Waals surface area (Å²) in [6, 6.07) is 4.29. The van der Waals surface area contributed by atoms with Gasteiger partial charge in [0.1, 0.15) is 16.1 Å². The predicted octanol–water partition coefficient (Wildman–Crippen LogP) is 3.64. The molecule has 0 fully saturated rings. The number of nitrogens with zero attached hydrogens (tertiary/aromatic N) is 4. The van der Waals surface area contributed by atoms with Crippen LogP contribution in [0.3, 0.4) is 0 Å². The van der Waals surface area contributed by atoms with Crippen LogP contribution in [0.25, 0.3) is 11.1 Å². The van der Waals surface area contributed by atoms with E-state index in [1.165, 1.54) is 12.1 Å². The maximum atomic E-state index is 12.0. The normalized spacial score (nSPS) is 10.5. The zero-order valence-electron chi connectivity index (χ0n) is 13.9. The fraction of sp³-hybridized carbons (Fsp3) is 0.125. The Morgan fingerprint density at radius 3 is 2.50 bits per heavy atom. The number of hydrogen-bond donors (Lipinski definition) is 3. The molecule has 3 heterocycles. The number of aromatic nitrogens is 4. The van der Waals surface area contributed by atoms with E-state index in [-0.39, 0.29) is 10.3 Å². The first-order chi connectivity index (χ1) is 12.4. The Kier molecular flexibility index (Phi) is 5.24. The van der Waals surface area contributed by atoms with Crippen LogP contribution in [-0.2, 0) is 7.05 Å². The van der Waals surface area contributed by atoms with E-state index >= 15 is 0 Å². The topological polar surface area (TPSA) is 96.8 Å². The summed E-state index contributed by atoms with van der Waals surface area (Å²) >= 11 is 11.6. The van der Waals surface area contributed by atoms with Crippen LogP contribution in [0, 0.1) is 6.92 Å². The number of aryl methyl sites for hydroxylation is 2. The molecule has 0 saturated carbocycles. The maximum absolute atomic E-state index is 12.0. The van der Waals surface area contributed by atoms with E-state index in [4.69, 9.17) is 23.2 Å². The number of amides is 2. The molecule has 10 heteroatoms. The third kappa shape index (κ3) is 4.41. The molecule has 0 unspecified atom stereocenters. The maximum Gasteiger partial charge on any atom is 0.337 e. The Hall–Kier alpha value is -2.84. The van der Waals surface area contributed by atoms with Crippen molar-refractivity contribution in [3.05, 3.63) is 52.7 Å². The van der Waals surface area contributed by atoms with Crippen molar-refractivity contribution in [2.45, 2.75) is 6.92 Å². The highest BCUT2D eigenvalue weighted by Gasteiger charge is 2.08. The monoisotopic (exact) mass is 391 g/mol. The summed E-state index contributed by atoms with van der Waals surface area (Å²) in [5, 5.41) is 7.11. The zero-order chi connectivity index (χ0) is 18.7. The number of urea groups is 1. The van der Waals surface area contributed by atoms with E-state index < -0.39 is 6.03 Å². The third-order valence-electron chi connectivity index (χ3n) is 3.45. The molecule has 26 heavy (non-hydrogen) atoms. The largest absolute Gasteiger partial charge is 0.337 e. The first-order valence-corrected chi connectivity index (χ1v) is 8.28. The minimum absolute atomic E-state index is 0.184. The highest BCUT2D eigenvalue weighted by Crippen LogP contribution is 2.23. The van der Waals surface area contributed by atoms with Crippen molar-refractivity contribution >= 4 is 40.7 Å². The molecule has 8 nitrogen and oxygen atoms in total. The Labute approximate surface area is 159 Å². The van der Waals surface area contributed by atoms with Gasteiger partial charge < -0.3 is 5.32 Å². The van der Waals surface area contributed by atoms with Gasteiger partial charge >= 0.3 is 6.03 Å². The van der Waals surface area contributed by atoms with Crippen LogP contribution in [0.1, 0.15) is 5.56 Å². The Balaban J connectivity index is 1.62. The lowest BCUT2D eigenvalue weighted by Crippen LogP contribution is -2.33. The van der Waals surface area contributed by atoms with Crippen LogP contribution in [0.15, 0.2) is 36.8 Å². The van der Waals surface area contributed by atoms with Gasteiger partial charge in [-0.05, 0) is 30.7 Å². The third-order valence-corrected chi connectivity index (χ3v) is 3.84. The summed E-state index contributed by atoms with van der Waals surface area (Å²) in [4.78, 5) is 20.1. The summed E-state index contributed by atoms with van der Waals surface area (Å²) in [6.45, 7) is 1.95. The van der Waals surface area contributed by atoms with Gasteiger partial charge in [0.05, 0.1) is 6.20 Å². The zero-order valence-corrected chi connectivity index (χ0v) is 15.4. The van der Waals surface area contributed by atoms with Crippen LogP contribution < -0.4 is 16.2 Å². The first-order valence-electron chi connectivity index (χ1n) is 7.52. The fourth-order valence-electron chi connectivity index (χ4n) is 2.31. The fourth-order valence-corrected chi connectivity index (χ4v) is 2.77. The van der Waals surface area contributed by atoms with Crippen LogP contribution in [0.4, 0.5) is 16.3 Å². The minimum atomic E-state index is -0.501. The van der Waals surface area contributed by atoms with E-state index in [0.29, 0.717) is 11.5 Å². The highest BCUT2D eigenvalue weighted by atomic mass is 35.5. The van der Waals surface area contributed by atoms with Crippen LogP contribution in [-0.4, -0.2) is 25.8 Å². The number of rotatable bonds is 4. The molecule has 0 radical (unpaired) electrons. The number of carbonyl (C=O) groups excluding carboxylic acids is 1. The van der Waals surface area contributed by atoms with Gasteiger partial charge in [0.2, 0.25) is 0 Å². The van der Waals surface area contributed by atoms with Gasteiger partial charge in [0.25, 0.3) is 0 Å². The average molecular weight is 392 g/mol. The standard InChI is InChI=1S/C16H15Cl2N7O/c1-9-3-15(19-7-12(9)10-6-20-25(2)8-10)23-24-16(26)21-11-4-13(17)22-14(18)5-11/h3-8H,1-2H3,(H,19,23)(H2,21,22,24,26). The molecule has 0 aliphatic carbocycles. The molecule has 134 valence electrons. The van der Waals surface area contributed by atoms with Gasteiger partial charge in [-0.2, -0.15) is 5.10 Å². The number of halogens is 2. The molecule has 3 N–H and O–H groups in total. The number of carbonyl (C=O) groups is 1. The van der Waals surface area contributed by atoms with Gasteiger partial charge in [-0.3, -0.25) is 15.5 Å². The van der Waals surface area contributed by atoms with E-state index in [0.717, 1.165) is 16.7 Å². The molecule has 3 rings (SSSR count). The van der Waals surface area contributed by atoms with E-state index in [9.17, 15) is 4.79 Å². The molecule has 0 aliphatic heterocycles. The lowest BCUT2D eigenvalue weighted by molar-refractivity contribution is 0.254. The Morgan fingerprint density at radius 2 is 1.88 bits per heavy atom. The molecular weight excluding hydrogens is 377 g/mol. The van der Waals surface area contributed by atoms with Gasteiger partial charge in [0, 0.05) is 36.3 Å². The molecule has 0 saturated heterocycles. The van der Waals surface area contributed by atoms with Crippen molar-refractivity contribution < 1.29 is 4.79 Å². The Bertz CT molecular complexity index is 937. The molecule has 0 aromatic carbocycles. The second-order valence-corrected chi connectivity index (χ2v) is 6.27. The second kappa shape index (κ2) is 7.59. The number of hydrazine groups is 1. The summed E-state index contributed by atoms with van der Waals surface area (Å²) in [6.07, 6.45) is 5.40. The van der Waals surface area contributed by atoms with E-state index in [1.807, 2.05) is 26.2 Å². The lowest BCUT2D eigenvalue weighted by atomic mass is 10.1. The number of pyridine rings is 2. The molecule has 3 aromatic heterocycles. The SMILES string of the molecule is Cc1cc(NNC(=O)Nc2cc(Cl)nc(Cl)c2)ncc1-c1cnn(C)c1. The quantitative estimate of drug-likeness (QED) is 0.465. The van der Waals surface area contributed by atoms with Crippen molar-refractivity contribution in [1.29, 1.82) is 0 Å². The smallest absolute Gasteiger partial charge is 0.306 e. The number of nitrogens with one attached hydrogen (secondary N) is 3. The summed E-state index contributed by atoms with van der Waals surface area (Å²) in [5.74, 6) is 0.496. The average Bonchev–Trinajstić information content (AvgIpc) is 2.98. The van der Waals surface area contributed by atoms with Crippen molar-refractivity contribution in [1.82, 2.24) is 25.2 Å². The van der Waals surface area contributed by atoms with Crippen molar-refractivity contribution in [2.75, 3.05) is 10.7 Å². The number of anilines is 2. The summed E-state index contributed by atoms with van der Waals surface area (Å²) in [7, 11) is 1.86. The molecule has 0 spiro atoms. The van der Waals surface area contributed by atoms with Crippen LogP contribution in [0.5, 0.6) is 0 Å². The van der Waals surface area contributed by atoms with E-state index in [1.54, 1.807) is 17.1 Å². The van der Waals surface area contributed by atoms with Gasteiger partial charge in [-0.1, -0.05) is 23.2 Å². The second-order valence-electron chi connectivity index (χ2n) is 5.49. The predicted molar refractivity (Wildman–Crippen MR) is 101 cm³/mol. The number of hydrogen-bond acceptors (Lipinski definition) is 5. The minimum Gasteiger partial charge on any atom is -0.306 e. The van der Waals surface area contributed by atoms with Crippen molar-refractivity contribution in [3.63, 3.8) is 0 Å². The molecule has 2 amide bonds. The molecule has 0 aliphatic rings. The molecule has 3 aromatic rings. The van der Waals surface area contributed by atoms with Gasteiger partial charge in [-0.25, -0.2) is 14.8 Å².